The molecule has 0 heterocycles. The average Bonchev–Trinajstić information content (AvgIpc) is 3.04. The third kappa shape index (κ3) is 1.93. The van der Waals surface area contributed by atoms with Crippen LogP contribution >= 0.6 is 15.9 Å². The van der Waals surface area contributed by atoms with Gasteiger partial charge in [-0.15, -0.1) is 0 Å². The number of nitrogens with one attached hydrogen (secondary N) is 1. The third-order valence-electron chi connectivity index (χ3n) is 4.01. The van der Waals surface area contributed by atoms with Gasteiger partial charge in [-0.25, -0.2) is 0 Å². The first-order valence-corrected chi connectivity index (χ1v) is 7.08. The molecule has 0 bridgehead atoms. The van der Waals surface area contributed by atoms with Crippen molar-refractivity contribution in [3.63, 3.8) is 0 Å². The molecule has 2 heteroatoms. The Morgan fingerprint density at radius 1 is 1.31 bits per heavy atom. The van der Waals surface area contributed by atoms with E-state index in [0.717, 1.165) is 5.92 Å². The molecule has 86 valence electrons. The van der Waals surface area contributed by atoms with E-state index in [4.69, 9.17) is 0 Å². The SMILES string of the molecule is CC(NC1CCc2c(Br)cccc21)C1CC1. The van der Waals surface area contributed by atoms with Gasteiger partial charge in [0, 0.05) is 16.6 Å². The molecule has 1 aromatic rings. The van der Waals surface area contributed by atoms with E-state index in [1.54, 1.807) is 0 Å². The number of benzene rings is 1. The van der Waals surface area contributed by atoms with Gasteiger partial charge >= 0.3 is 0 Å². The molecule has 0 saturated heterocycles. The van der Waals surface area contributed by atoms with Crippen LogP contribution in [0.5, 0.6) is 0 Å². The standard InChI is InChI=1S/C14H18BrN/c1-9(10-5-6-10)16-14-8-7-11-12(14)3-2-4-13(11)15/h2-4,9-10,14,16H,5-8H2,1H3. The Kier molecular flexibility index (Phi) is 2.80. The summed E-state index contributed by atoms with van der Waals surface area (Å²) in [6.45, 7) is 2.34. The van der Waals surface area contributed by atoms with Gasteiger partial charge in [0.15, 0.2) is 0 Å². The summed E-state index contributed by atoms with van der Waals surface area (Å²) in [4.78, 5) is 0. The summed E-state index contributed by atoms with van der Waals surface area (Å²) in [6.07, 6.45) is 5.32. The highest BCUT2D eigenvalue weighted by atomic mass is 79.9. The van der Waals surface area contributed by atoms with E-state index < -0.39 is 0 Å². The van der Waals surface area contributed by atoms with Crippen LogP contribution in [0, 0.1) is 5.92 Å². The van der Waals surface area contributed by atoms with E-state index in [9.17, 15) is 0 Å². The van der Waals surface area contributed by atoms with Gasteiger partial charge in [-0.05, 0) is 55.7 Å². The molecule has 0 aliphatic heterocycles. The first-order chi connectivity index (χ1) is 7.75. The lowest BCUT2D eigenvalue weighted by atomic mass is 10.1. The van der Waals surface area contributed by atoms with Gasteiger partial charge in [-0.2, -0.15) is 0 Å². The Labute approximate surface area is 106 Å². The monoisotopic (exact) mass is 279 g/mol. The fraction of sp³-hybridized carbons (Fsp3) is 0.571. The predicted octanol–water partition coefficient (Wildman–Crippen LogP) is 3.82. The minimum Gasteiger partial charge on any atom is -0.307 e. The molecule has 2 aliphatic carbocycles. The predicted molar refractivity (Wildman–Crippen MR) is 70.5 cm³/mol. The maximum absolute atomic E-state index is 3.80. The fourth-order valence-electron chi connectivity index (χ4n) is 2.83. The minimum atomic E-state index is 0.586. The van der Waals surface area contributed by atoms with Crippen molar-refractivity contribution in [3.05, 3.63) is 33.8 Å². The lowest BCUT2D eigenvalue weighted by Gasteiger charge is -2.20. The van der Waals surface area contributed by atoms with Gasteiger partial charge in [0.1, 0.15) is 0 Å². The van der Waals surface area contributed by atoms with Crippen LogP contribution in [0.3, 0.4) is 0 Å². The highest BCUT2D eigenvalue weighted by molar-refractivity contribution is 9.10. The number of hydrogen-bond acceptors (Lipinski definition) is 1. The van der Waals surface area contributed by atoms with Crippen LogP contribution in [0.15, 0.2) is 22.7 Å². The summed E-state index contributed by atoms with van der Waals surface area (Å²) in [5.41, 5.74) is 3.03. The van der Waals surface area contributed by atoms with Crippen LogP contribution in [-0.4, -0.2) is 6.04 Å². The Morgan fingerprint density at radius 3 is 2.88 bits per heavy atom. The van der Waals surface area contributed by atoms with Crippen molar-refractivity contribution in [1.29, 1.82) is 0 Å². The molecular weight excluding hydrogens is 262 g/mol. The summed E-state index contributed by atoms with van der Waals surface area (Å²) < 4.78 is 1.29. The van der Waals surface area contributed by atoms with Crippen LogP contribution in [0.2, 0.25) is 0 Å². The molecule has 2 aliphatic rings. The van der Waals surface area contributed by atoms with Crippen LogP contribution in [0.25, 0.3) is 0 Å². The molecule has 0 radical (unpaired) electrons. The second kappa shape index (κ2) is 4.15. The fourth-order valence-corrected chi connectivity index (χ4v) is 3.41. The van der Waals surface area contributed by atoms with E-state index in [0.29, 0.717) is 12.1 Å². The van der Waals surface area contributed by atoms with Crippen molar-refractivity contribution in [3.8, 4) is 0 Å². The van der Waals surface area contributed by atoms with Gasteiger partial charge < -0.3 is 5.32 Å². The number of hydrogen-bond donors (Lipinski definition) is 1. The number of halogens is 1. The van der Waals surface area contributed by atoms with E-state index in [2.05, 4.69) is 46.4 Å². The van der Waals surface area contributed by atoms with E-state index in [1.807, 2.05) is 0 Å². The minimum absolute atomic E-state index is 0.586. The molecular formula is C14H18BrN. The zero-order chi connectivity index (χ0) is 11.1. The molecule has 16 heavy (non-hydrogen) atoms. The van der Waals surface area contributed by atoms with Crippen LogP contribution < -0.4 is 5.32 Å². The molecule has 1 fully saturated rings. The van der Waals surface area contributed by atoms with E-state index >= 15 is 0 Å². The van der Waals surface area contributed by atoms with Crippen molar-refractivity contribution >= 4 is 15.9 Å². The summed E-state index contributed by atoms with van der Waals surface area (Å²) in [7, 11) is 0. The summed E-state index contributed by atoms with van der Waals surface area (Å²) in [5, 5.41) is 3.80. The number of rotatable bonds is 3. The lowest BCUT2D eigenvalue weighted by Crippen LogP contribution is -2.30. The first kappa shape index (κ1) is 10.8. The molecule has 0 spiro atoms. The average molecular weight is 280 g/mol. The number of fused-ring (bicyclic) bond motifs is 1. The normalized spacial score (nSPS) is 25.5. The summed E-state index contributed by atoms with van der Waals surface area (Å²) >= 11 is 3.65. The highest BCUT2D eigenvalue weighted by Crippen LogP contribution is 2.38. The Bertz CT molecular complexity index is 398. The van der Waals surface area contributed by atoms with Gasteiger partial charge in [-0.3, -0.25) is 0 Å². The third-order valence-corrected chi connectivity index (χ3v) is 4.75. The molecule has 1 N–H and O–H groups in total. The van der Waals surface area contributed by atoms with Gasteiger partial charge in [0.2, 0.25) is 0 Å². The molecule has 1 nitrogen and oxygen atoms in total. The summed E-state index contributed by atoms with van der Waals surface area (Å²) in [6, 6.07) is 7.87. The van der Waals surface area contributed by atoms with Crippen molar-refractivity contribution in [2.75, 3.05) is 0 Å². The Hall–Kier alpha value is -0.340. The van der Waals surface area contributed by atoms with Crippen molar-refractivity contribution < 1.29 is 0 Å². The van der Waals surface area contributed by atoms with Gasteiger partial charge in [0.05, 0.1) is 0 Å². The van der Waals surface area contributed by atoms with E-state index in [-0.39, 0.29) is 0 Å². The smallest absolute Gasteiger partial charge is 0.0328 e. The van der Waals surface area contributed by atoms with Gasteiger partial charge in [-0.1, -0.05) is 28.1 Å². The summed E-state index contributed by atoms with van der Waals surface area (Å²) in [5.74, 6) is 0.941. The largest absolute Gasteiger partial charge is 0.307 e. The van der Waals surface area contributed by atoms with Crippen LogP contribution in [0.4, 0.5) is 0 Å². The highest BCUT2D eigenvalue weighted by Gasteiger charge is 2.31. The molecule has 0 amide bonds. The second-order valence-corrected chi connectivity index (χ2v) is 6.05. The van der Waals surface area contributed by atoms with Crippen molar-refractivity contribution in [2.45, 2.75) is 44.7 Å². The topological polar surface area (TPSA) is 12.0 Å². The maximum atomic E-state index is 3.80. The van der Waals surface area contributed by atoms with Crippen LogP contribution in [0.1, 0.15) is 43.4 Å². The first-order valence-electron chi connectivity index (χ1n) is 6.29. The zero-order valence-corrected chi connectivity index (χ0v) is 11.3. The lowest BCUT2D eigenvalue weighted by molar-refractivity contribution is 0.421. The van der Waals surface area contributed by atoms with Gasteiger partial charge in [0.25, 0.3) is 0 Å². The second-order valence-electron chi connectivity index (χ2n) is 5.19. The molecule has 1 aromatic carbocycles. The van der Waals surface area contributed by atoms with E-state index in [1.165, 1.54) is 41.3 Å². The quantitative estimate of drug-likeness (QED) is 0.887. The maximum Gasteiger partial charge on any atom is 0.0328 e. The van der Waals surface area contributed by atoms with Crippen LogP contribution in [-0.2, 0) is 6.42 Å². The molecule has 2 atom stereocenters. The Balaban J connectivity index is 1.77. The van der Waals surface area contributed by atoms with Crippen molar-refractivity contribution in [1.82, 2.24) is 5.32 Å². The van der Waals surface area contributed by atoms with Crippen molar-refractivity contribution in [2.24, 2.45) is 5.92 Å². The molecule has 0 aromatic heterocycles. The molecule has 3 rings (SSSR count). The zero-order valence-electron chi connectivity index (χ0n) is 9.67. The Morgan fingerprint density at radius 2 is 2.12 bits per heavy atom. The molecule has 1 saturated carbocycles. The molecule has 2 unspecified atom stereocenters.